The zero-order valence-corrected chi connectivity index (χ0v) is 15.0. The van der Waals surface area contributed by atoms with Crippen molar-refractivity contribution >= 4 is 40.7 Å². The van der Waals surface area contributed by atoms with Crippen LogP contribution in [0.25, 0.3) is 0 Å². The van der Waals surface area contributed by atoms with Gasteiger partial charge in [-0.3, -0.25) is 9.59 Å². The average molecular weight is 357 g/mol. The van der Waals surface area contributed by atoms with Gasteiger partial charge in [0.2, 0.25) is 11.8 Å². The van der Waals surface area contributed by atoms with E-state index in [1.807, 2.05) is 4.90 Å². The Hall–Kier alpha value is -1.26. The summed E-state index contributed by atoms with van der Waals surface area (Å²) in [6.07, 6.45) is 2.41. The summed E-state index contributed by atoms with van der Waals surface area (Å²) in [6.45, 7) is 5.66. The molecule has 0 bridgehead atoms. The predicted octanol–water partition coefficient (Wildman–Crippen LogP) is 3.99. The van der Waals surface area contributed by atoms with Crippen LogP contribution in [0.3, 0.4) is 0 Å². The van der Waals surface area contributed by atoms with Gasteiger partial charge in [0, 0.05) is 38.7 Å². The Morgan fingerprint density at radius 1 is 1.22 bits per heavy atom. The highest BCUT2D eigenvalue weighted by molar-refractivity contribution is 6.42. The van der Waals surface area contributed by atoms with Crippen LogP contribution in [-0.2, 0) is 9.59 Å². The first-order valence-electron chi connectivity index (χ1n) is 7.89. The van der Waals surface area contributed by atoms with Crippen molar-refractivity contribution in [3.05, 3.63) is 28.2 Å². The molecule has 0 N–H and O–H groups in total. The molecule has 6 heteroatoms. The zero-order valence-electron chi connectivity index (χ0n) is 13.5. The lowest BCUT2D eigenvalue weighted by atomic mass is 9.99. The highest BCUT2D eigenvalue weighted by atomic mass is 35.5. The van der Waals surface area contributed by atoms with E-state index in [0.29, 0.717) is 34.6 Å². The minimum atomic E-state index is -0.122. The summed E-state index contributed by atoms with van der Waals surface area (Å²) >= 11 is 11.9. The minimum absolute atomic E-state index is 0.100. The monoisotopic (exact) mass is 356 g/mol. The predicted molar refractivity (Wildman–Crippen MR) is 94.1 cm³/mol. The van der Waals surface area contributed by atoms with Gasteiger partial charge in [0.05, 0.1) is 10.0 Å². The van der Waals surface area contributed by atoms with Crippen LogP contribution < -0.4 is 4.90 Å². The molecule has 0 saturated carbocycles. The molecule has 1 aromatic carbocycles. The van der Waals surface area contributed by atoms with Crippen LogP contribution in [-0.4, -0.2) is 36.3 Å². The quantitative estimate of drug-likeness (QED) is 0.817. The van der Waals surface area contributed by atoms with Crippen LogP contribution in [0.2, 0.25) is 10.0 Å². The lowest BCUT2D eigenvalue weighted by Crippen LogP contribution is -2.40. The van der Waals surface area contributed by atoms with E-state index in [1.165, 1.54) is 6.92 Å². The second-order valence-electron chi connectivity index (χ2n) is 6.08. The summed E-state index contributed by atoms with van der Waals surface area (Å²) in [5.74, 6) is 0.663. The third-order valence-electron chi connectivity index (χ3n) is 4.28. The summed E-state index contributed by atoms with van der Waals surface area (Å²) < 4.78 is 0. The van der Waals surface area contributed by atoms with Gasteiger partial charge < -0.3 is 9.80 Å². The lowest BCUT2D eigenvalue weighted by molar-refractivity contribution is -0.132. The Bertz CT molecular complexity index is 584. The molecule has 23 heavy (non-hydrogen) atoms. The van der Waals surface area contributed by atoms with Crippen molar-refractivity contribution in [1.82, 2.24) is 4.90 Å². The first-order valence-corrected chi connectivity index (χ1v) is 8.65. The number of carbonyl (C=O) groups is 2. The van der Waals surface area contributed by atoms with Crippen molar-refractivity contribution in [2.75, 3.05) is 24.5 Å². The van der Waals surface area contributed by atoms with Crippen molar-refractivity contribution in [1.29, 1.82) is 0 Å². The van der Waals surface area contributed by atoms with Crippen LogP contribution in [0, 0.1) is 5.92 Å². The number of nitrogens with zero attached hydrogens (tertiary/aromatic N) is 2. The molecule has 1 saturated heterocycles. The first-order chi connectivity index (χ1) is 10.9. The van der Waals surface area contributed by atoms with E-state index in [4.69, 9.17) is 23.2 Å². The number of hydrogen-bond acceptors (Lipinski definition) is 2. The molecular weight excluding hydrogens is 335 g/mol. The fourth-order valence-corrected chi connectivity index (χ4v) is 3.04. The number of hydrogen-bond donors (Lipinski definition) is 0. The molecule has 1 aliphatic rings. The number of carbonyl (C=O) groups excluding carboxylic acids is 2. The second kappa shape index (κ2) is 8.02. The zero-order chi connectivity index (χ0) is 17.0. The van der Waals surface area contributed by atoms with Gasteiger partial charge >= 0.3 is 0 Å². The van der Waals surface area contributed by atoms with E-state index < -0.39 is 0 Å². The van der Waals surface area contributed by atoms with Gasteiger partial charge in [-0.15, -0.1) is 0 Å². The maximum Gasteiger partial charge on any atom is 0.224 e. The SMILES string of the molecule is CC(=O)N(CCC(=O)N1CCC(C)CC1)c1ccc(Cl)c(Cl)c1. The molecule has 1 aromatic rings. The van der Waals surface area contributed by atoms with E-state index >= 15 is 0 Å². The fourth-order valence-electron chi connectivity index (χ4n) is 2.74. The van der Waals surface area contributed by atoms with Crippen molar-refractivity contribution in [2.24, 2.45) is 5.92 Å². The number of benzene rings is 1. The number of rotatable bonds is 4. The average Bonchev–Trinajstić information content (AvgIpc) is 2.51. The topological polar surface area (TPSA) is 40.6 Å². The number of likely N-dealkylation sites (tertiary alicyclic amines) is 1. The molecule has 1 heterocycles. The highest BCUT2D eigenvalue weighted by Gasteiger charge is 2.21. The molecule has 1 aliphatic heterocycles. The smallest absolute Gasteiger partial charge is 0.224 e. The minimum Gasteiger partial charge on any atom is -0.343 e. The van der Waals surface area contributed by atoms with Gasteiger partial charge in [-0.2, -0.15) is 0 Å². The van der Waals surface area contributed by atoms with Gasteiger partial charge in [0.25, 0.3) is 0 Å². The van der Waals surface area contributed by atoms with Crippen LogP contribution in [0.15, 0.2) is 18.2 Å². The Morgan fingerprint density at radius 2 is 1.87 bits per heavy atom. The van der Waals surface area contributed by atoms with Gasteiger partial charge in [0.15, 0.2) is 0 Å². The molecular formula is C17H22Cl2N2O2. The second-order valence-corrected chi connectivity index (χ2v) is 6.90. The summed E-state index contributed by atoms with van der Waals surface area (Å²) in [7, 11) is 0. The third kappa shape index (κ3) is 4.85. The normalized spacial score (nSPS) is 15.6. The van der Waals surface area contributed by atoms with E-state index in [1.54, 1.807) is 23.1 Å². The molecule has 1 fully saturated rings. The standard InChI is InChI=1S/C17H22Cl2N2O2/c1-12-5-8-20(9-6-12)17(23)7-10-21(13(2)22)14-3-4-15(18)16(19)11-14/h3-4,11-12H,5-10H2,1-2H3. The summed E-state index contributed by atoms with van der Waals surface area (Å²) in [6, 6.07) is 5.05. The summed E-state index contributed by atoms with van der Waals surface area (Å²) in [4.78, 5) is 27.7. The maximum absolute atomic E-state index is 12.3. The van der Waals surface area contributed by atoms with E-state index in [-0.39, 0.29) is 11.8 Å². The van der Waals surface area contributed by atoms with E-state index in [2.05, 4.69) is 6.92 Å². The van der Waals surface area contributed by atoms with Crippen molar-refractivity contribution < 1.29 is 9.59 Å². The molecule has 0 unspecified atom stereocenters. The molecule has 4 nitrogen and oxygen atoms in total. The number of halogens is 2. The molecule has 0 aromatic heterocycles. The van der Waals surface area contributed by atoms with E-state index in [0.717, 1.165) is 25.9 Å². The van der Waals surface area contributed by atoms with Gasteiger partial charge in [0.1, 0.15) is 0 Å². The molecule has 0 atom stereocenters. The Balaban J connectivity index is 1.98. The Labute approximate surface area is 147 Å². The van der Waals surface area contributed by atoms with Gasteiger partial charge in [-0.05, 0) is 37.0 Å². The molecule has 0 aliphatic carbocycles. The van der Waals surface area contributed by atoms with Crippen molar-refractivity contribution in [2.45, 2.75) is 33.1 Å². The van der Waals surface area contributed by atoms with Crippen molar-refractivity contribution in [3.8, 4) is 0 Å². The molecule has 2 amide bonds. The largest absolute Gasteiger partial charge is 0.343 e. The van der Waals surface area contributed by atoms with Gasteiger partial charge in [-0.1, -0.05) is 30.1 Å². The lowest BCUT2D eigenvalue weighted by Gasteiger charge is -2.31. The van der Waals surface area contributed by atoms with Gasteiger partial charge in [-0.25, -0.2) is 0 Å². The molecule has 0 radical (unpaired) electrons. The fraction of sp³-hybridized carbons (Fsp3) is 0.529. The Morgan fingerprint density at radius 3 is 2.43 bits per heavy atom. The first kappa shape index (κ1) is 18.1. The highest BCUT2D eigenvalue weighted by Crippen LogP contribution is 2.27. The third-order valence-corrected chi connectivity index (χ3v) is 5.02. The summed E-state index contributed by atoms with van der Waals surface area (Å²) in [5, 5.41) is 0.837. The molecule has 0 spiro atoms. The Kier molecular flexibility index (Phi) is 6.31. The maximum atomic E-state index is 12.3. The van der Waals surface area contributed by atoms with Crippen LogP contribution in [0.4, 0.5) is 5.69 Å². The molecule has 2 rings (SSSR count). The summed E-state index contributed by atoms with van der Waals surface area (Å²) in [5.41, 5.74) is 0.659. The molecule has 126 valence electrons. The number of amides is 2. The van der Waals surface area contributed by atoms with Crippen LogP contribution >= 0.6 is 23.2 Å². The number of anilines is 1. The van der Waals surface area contributed by atoms with E-state index in [9.17, 15) is 9.59 Å². The van der Waals surface area contributed by atoms with Crippen LogP contribution in [0.5, 0.6) is 0 Å². The number of piperidine rings is 1. The van der Waals surface area contributed by atoms with Crippen LogP contribution in [0.1, 0.15) is 33.1 Å². The van der Waals surface area contributed by atoms with Crippen molar-refractivity contribution in [3.63, 3.8) is 0 Å².